The molecular weight excluding hydrogens is 138 g/mol. The predicted molar refractivity (Wildman–Crippen MR) is 45.8 cm³/mol. The summed E-state index contributed by atoms with van der Waals surface area (Å²) >= 11 is 0. The SMILES string of the molecule is CCOC1=CC1CC(=N)CC. The molecule has 0 aliphatic heterocycles. The van der Waals surface area contributed by atoms with Gasteiger partial charge in [-0.25, -0.2) is 0 Å². The van der Waals surface area contributed by atoms with Crippen molar-refractivity contribution in [2.75, 3.05) is 6.61 Å². The highest BCUT2D eigenvalue weighted by atomic mass is 16.5. The lowest BCUT2D eigenvalue weighted by Crippen LogP contribution is -1.97. The van der Waals surface area contributed by atoms with E-state index in [4.69, 9.17) is 10.1 Å². The zero-order chi connectivity index (χ0) is 8.27. The highest BCUT2D eigenvalue weighted by Gasteiger charge is 2.26. The third kappa shape index (κ3) is 2.37. The molecular formula is C9H15NO. The van der Waals surface area contributed by atoms with Gasteiger partial charge in [-0.05, 0) is 25.8 Å². The molecule has 0 fully saturated rings. The van der Waals surface area contributed by atoms with Gasteiger partial charge in [-0.1, -0.05) is 6.92 Å². The molecule has 0 amide bonds. The zero-order valence-electron chi connectivity index (χ0n) is 7.18. The van der Waals surface area contributed by atoms with Crippen LogP contribution in [-0.2, 0) is 4.74 Å². The lowest BCUT2D eigenvalue weighted by Gasteiger charge is -2.00. The molecule has 1 unspecified atom stereocenters. The topological polar surface area (TPSA) is 33.1 Å². The summed E-state index contributed by atoms with van der Waals surface area (Å²) in [5.74, 6) is 1.55. The minimum atomic E-state index is 0.461. The van der Waals surface area contributed by atoms with Gasteiger partial charge in [0.15, 0.2) is 0 Å². The third-order valence-electron chi connectivity index (χ3n) is 1.83. The van der Waals surface area contributed by atoms with Gasteiger partial charge < -0.3 is 10.1 Å². The Morgan fingerprint density at radius 1 is 1.64 bits per heavy atom. The quantitative estimate of drug-likeness (QED) is 0.604. The fourth-order valence-corrected chi connectivity index (χ4v) is 1.04. The molecule has 0 aromatic heterocycles. The first-order valence-electron chi connectivity index (χ1n) is 4.18. The fourth-order valence-electron chi connectivity index (χ4n) is 1.04. The number of allylic oxidation sites excluding steroid dienone is 2. The molecule has 0 heterocycles. The van der Waals surface area contributed by atoms with Gasteiger partial charge in [-0.2, -0.15) is 0 Å². The molecule has 1 rings (SSSR count). The molecule has 0 saturated carbocycles. The monoisotopic (exact) mass is 153 g/mol. The van der Waals surface area contributed by atoms with Crippen molar-refractivity contribution in [2.24, 2.45) is 5.92 Å². The molecule has 62 valence electrons. The van der Waals surface area contributed by atoms with Crippen molar-refractivity contribution in [2.45, 2.75) is 26.7 Å². The second kappa shape index (κ2) is 3.56. The maximum absolute atomic E-state index is 7.44. The van der Waals surface area contributed by atoms with E-state index in [1.165, 1.54) is 0 Å². The van der Waals surface area contributed by atoms with Crippen molar-refractivity contribution in [3.63, 3.8) is 0 Å². The van der Waals surface area contributed by atoms with Crippen LogP contribution in [0.1, 0.15) is 26.7 Å². The molecule has 11 heavy (non-hydrogen) atoms. The van der Waals surface area contributed by atoms with Crippen LogP contribution in [0.15, 0.2) is 11.8 Å². The number of hydrogen-bond donors (Lipinski definition) is 1. The van der Waals surface area contributed by atoms with E-state index in [0.29, 0.717) is 5.92 Å². The van der Waals surface area contributed by atoms with E-state index in [1.807, 2.05) is 13.8 Å². The summed E-state index contributed by atoms with van der Waals surface area (Å²) in [6.07, 6.45) is 3.82. The summed E-state index contributed by atoms with van der Waals surface area (Å²) in [5.41, 5.74) is 0.820. The minimum absolute atomic E-state index is 0.461. The third-order valence-corrected chi connectivity index (χ3v) is 1.83. The zero-order valence-corrected chi connectivity index (χ0v) is 7.18. The number of ether oxygens (including phenoxy) is 1. The molecule has 1 aliphatic carbocycles. The van der Waals surface area contributed by atoms with Crippen LogP contribution in [0.25, 0.3) is 0 Å². The molecule has 0 aromatic rings. The Labute approximate surface area is 67.8 Å². The molecule has 0 spiro atoms. The van der Waals surface area contributed by atoms with Crippen molar-refractivity contribution in [1.29, 1.82) is 5.41 Å². The van der Waals surface area contributed by atoms with Crippen molar-refractivity contribution in [3.8, 4) is 0 Å². The van der Waals surface area contributed by atoms with Gasteiger partial charge in [0, 0.05) is 11.6 Å². The smallest absolute Gasteiger partial charge is 0.100 e. The van der Waals surface area contributed by atoms with E-state index in [1.54, 1.807) is 0 Å². The van der Waals surface area contributed by atoms with Gasteiger partial charge >= 0.3 is 0 Å². The Hall–Kier alpha value is -0.790. The molecule has 0 saturated heterocycles. The summed E-state index contributed by atoms with van der Waals surface area (Å²) < 4.78 is 5.28. The second-order valence-electron chi connectivity index (χ2n) is 2.77. The molecule has 2 heteroatoms. The van der Waals surface area contributed by atoms with Crippen LogP contribution < -0.4 is 0 Å². The lowest BCUT2D eigenvalue weighted by molar-refractivity contribution is 0.233. The lowest BCUT2D eigenvalue weighted by atomic mass is 10.1. The molecule has 2 nitrogen and oxygen atoms in total. The van der Waals surface area contributed by atoms with Gasteiger partial charge in [-0.15, -0.1) is 0 Å². The van der Waals surface area contributed by atoms with Crippen LogP contribution in [-0.4, -0.2) is 12.3 Å². The number of hydrogen-bond acceptors (Lipinski definition) is 2. The number of nitrogens with one attached hydrogen (secondary N) is 1. The molecule has 0 bridgehead atoms. The molecule has 1 atom stereocenters. The average molecular weight is 153 g/mol. The maximum atomic E-state index is 7.44. The van der Waals surface area contributed by atoms with Gasteiger partial charge in [0.25, 0.3) is 0 Å². The van der Waals surface area contributed by atoms with Gasteiger partial charge in [0.05, 0.1) is 6.61 Å². The Morgan fingerprint density at radius 2 is 2.36 bits per heavy atom. The largest absolute Gasteiger partial charge is 0.498 e. The highest BCUT2D eigenvalue weighted by Crippen LogP contribution is 2.33. The van der Waals surface area contributed by atoms with Gasteiger partial charge in [0.2, 0.25) is 0 Å². The first-order valence-corrected chi connectivity index (χ1v) is 4.18. The summed E-state index contributed by atoms with van der Waals surface area (Å²) in [4.78, 5) is 0. The van der Waals surface area contributed by atoms with E-state index in [9.17, 15) is 0 Å². The van der Waals surface area contributed by atoms with Crippen LogP contribution in [0.5, 0.6) is 0 Å². The normalized spacial score (nSPS) is 20.9. The molecule has 0 aromatic carbocycles. The summed E-state index contributed by atoms with van der Waals surface area (Å²) in [7, 11) is 0. The first-order chi connectivity index (χ1) is 5.27. The summed E-state index contributed by atoms with van der Waals surface area (Å²) in [6, 6.07) is 0. The Kier molecular flexibility index (Phi) is 2.69. The van der Waals surface area contributed by atoms with Crippen molar-refractivity contribution >= 4 is 5.71 Å². The predicted octanol–water partition coefficient (Wildman–Crippen LogP) is 2.36. The van der Waals surface area contributed by atoms with Crippen molar-refractivity contribution < 1.29 is 4.74 Å². The Bertz CT molecular complexity index is 184. The Morgan fingerprint density at radius 3 is 2.91 bits per heavy atom. The van der Waals surface area contributed by atoms with Crippen LogP contribution >= 0.6 is 0 Å². The first kappa shape index (κ1) is 8.31. The number of rotatable bonds is 5. The van der Waals surface area contributed by atoms with Crippen molar-refractivity contribution in [3.05, 3.63) is 11.8 Å². The summed E-state index contributed by atoms with van der Waals surface area (Å²) in [5, 5.41) is 7.44. The summed E-state index contributed by atoms with van der Waals surface area (Å²) in [6.45, 7) is 4.76. The van der Waals surface area contributed by atoms with Gasteiger partial charge in [0.1, 0.15) is 5.76 Å². The van der Waals surface area contributed by atoms with Crippen LogP contribution in [0.3, 0.4) is 0 Å². The van der Waals surface area contributed by atoms with E-state index in [0.717, 1.165) is 30.9 Å². The molecule has 0 radical (unpaired) electrons. The van der Waals surface area contributed by atoms with Crippen LogP contribution in [0, 0.1) is 11.3 Å². The van der Waals surface area contributed by atoms with Crippen LogP contribution in [0.2, 0.25) is 0 Å². The molecule has 1 N–H and O–H groups in total. The van der Waals surface area contributed by atoms with Crippen LogP contribution in [0.4, 0.5) is 0 Å². The maximum Gasteiger partial charge on any atom is 0.100 e. The highest BCUT2D eigenvalue weighted by molar-refractivity contribution is 5.82. The Balaban J connectivity index is 2.11. The minimum Gasteiger partial charge on any atom is -0.498 e. The van der Waals surface area contributed by atoms with Gasteiger partial charge in [-0.3, -0.25) is 0 Å². The standard InChI is InChI=1S/C9H15NO/c1-3-8(10)5-7-6-9(7)11-4-2/h6-7,10H,3-5H2,1-2H3. The average Bonchev–Trinajstić information content (AvgIpc) is 2.69. The van der Waals surface area contributed by atoms with E-state index in [-0.39, 0.29) is 0 Å². The van der Waals surface area contributed by atoms with Crippen molar-refractivity contribution in [1.82, 2.24) is 0 Å². The van der Waals surface area contributed by atoms with E-state index in [2.05, 4.69) is 6.08 Å². The van der Waals surface area contributed by atoms with E-state index >= 15 is 0 Å². The second-order valence-corrected chi connectivity index (χ2v) is 2.77. The van der Waals surface area contributed by atoms with E-state index < -0.39 is 0 Å². The molecule has 1 aliphatic rings. The fraction of sp³-hybridized carbons (Fsp3) is 0.667.